The number of imidazole rings is 1. The molecule has 1 aromatic carbocycles. The van der Waals surface area contributed by atoms with E-state index in [0.717, 1.165) is 5.52 Å². The van der Waals surface area contributed by atoms with Gasteiger partial charge in [-0.05, 0) is 12.1 Å². The molecule has 1 aliphatic rings. The van der Waals surface area contributed by atoms with E-state index in [1.165, 1.54) is 0 Å². The van der Waals surface area contributed by atoms with E-state index in [1.807, 2.05) is 0 Å². The van der Waals surface area contributed by atoms with Crippen LogP contribution in [0.15, 0.2) is 18.5 Å². The first kappa shape index (κ1) is 13.1. The highest BCUT2D eigenvalue weighted by molar-refractivity contribution is 6.42. The van der Waals surface area contributed by atoms with Gasteiger partial charge in [0.15, 0.2) is 0 Å². The monoisotopic (exact) mass is 302 g/mol. The van der Waals surface area contributed by atoms with Gasteiger partial charge in [0.05, 0.1) is 40.1 Å². The van der Waals surface area contributed by atoms with Crippen LogP contribution in [-0.2, 0) is 4.74 Å². The minimum absolute atomic E-state index is 0.0901. The van der Waals surface area contributed by atoms with Crippen LogP contribution in [0.3, 0.4) is 0 Å². The van der Waals surface area contributed by atoms with Crippen molar-refractivity contribution in [1.29, 1.82) is 0 Å². The number of hydrogen-bond donors (Lipinski definition) is 2. The van der Waals surface area contributed by atoms with Gasteiger partial charge in [-0.15, -0.1) is 0 Å². The molecule has 0 spiro atoms. The minimum atomic E-state index is -0.843. The van der Waals surface area contributed by atoms with E-state index in [9.17, 15) is 10.2 Å². The Balaban J connectivity index is 1.99. The SMILES string of the molecule is O[C@@H]1C[C@H](n2cnc3cc(Cl)c(Cl)cc32)OC[C@@H]1O. The number of nitrogens with zero attached hydrogens (tertiary/aromatic N) is 2. The Kier molecular flexibility index (Phi) is 3.41. The summed E-state index contributed by atoms with van der Waals surface area (Å²) < 4.78 is 7.30. The smallest absolute Gasteiger partial charge is 0.138 e. The van der Waals surface area contributed by atoms with Crippen molar-refractivity contribution in [3.63, 3.8) is 0 Å². The molecule has 1 saturated heterocycles. The van der Waals surface area contributed by atoms with E-state index < -0.39 is 12.2 Å². The number of benzene rings is 1. The van der Waals surface area contributed by atoms with Gasteiger partial charge in [0, 0.05) is 6.42 Å². The standard InChI is InChI=1S/C12H12Cl2N2O3/c13-6-1-8-9(2-7(6)14)16(5-15-8)12-3-10(17)11(18)4-19-12/h1-2,5,10-12,17-18H,3-4H2/t10-,11+,12-/m1/s1. The van der Waals surface area contributed by atoms with Crippen molar-refractivity contribution in [3.8, 4) is 0 Å². The van der Waals surface area contributed by atoms with Crippen LogP contribution in [-0.4, -0.2) is 38.6 Å². The molecule has 0 bridgehead atoms. The summed E-state index contributed by atoms with van der Waals surface area (Å²) in [5, 5.41) is 20.0. The van der Waals surface area contributed by atoms with Crippen molar-refractivity contribution in [3.05, 3.63) is 28.5 Å². The van der Waals surface area contributed by atoms with E-state index in [0.29, 0.717) is 22.0 Å². The molecular weight excluding hydrogens is 291 g/mol. The van der Waals surface area contributed by atoms with Crippen LogP contribution in [0, 0.1) is 0 Å². The van der Waals surface area contributed by atoms with Crippen LogP contribution in [0.25, 0.3) is 11.0 Å². The van der Waals surface area contributed by atoms with E-state index in [-0.39, 0.29) is 12.8 Å². The number of aromatic nitrogens is 2. The Labute approximate surface area is 119 Å². The lowest BCUT2D eigenvalue weighted by Crippen LogP contribution is -2.39. The number of halogens is 2. The molecular formula is C12H12Cl2N2O3. The molecule has 0 radical (unpaired) electrons. The highest BCUT2D eigenvalue weighted by Crippen LogP contribution is 2.31. The number of aliphatic hydroxyl groups excluding tert-OH is 2. The Morgan fingerprint density at radius 2 is 1.95 bits per heavy atom. The first-order valence-electron chi connectivity index (χ1n) is 5.85. The lowest BCUT2D eigenvalue weighted by atomic mass is 10.1. The molecule has 2 N–H and O–H groups in total. The van der Waals surface area contributed by atoms with Gasteiger partial charge in [0.25, 0.3) is 0 Å². The molecule has 3 atom stereocenters. The van der Waals surface area contributed by atoms with Crippen LogP contribution in [0.4, 0.5) is 0 Å². The molecule has 102 valence electrons. The number of rotatable bonds is 1. The molecule has 1 aliphatic heterocycles. The van der Waals surface area contributed by atoms with Crippen LogP contribution >= 0.6 is 23.2 Å². The zero-order valence-corrected chi connectivity index (χ0v) is 11.3. The summed E-state index contributed by atoms with van der Waals surface area (Å²) in [7, 11) is 0. The fraction of sp³-hybridized carbons (Fsp3) is 0.417. The third-order valence-corrected chi connectivity index (χ3v) is 4.00. The van der Waals surface area contributed by atoms with Crippen LogP contribution < -0.4 is 0 Å². The molecule has 5 nitrogen and oxygen atoms in total. The van der Waals surface area contributed by atoms with Gasteiger partial charge in [-0.1, -0.05) is 23.2 Å². The molecule has 3 rings (SSSR count). The Hall–Kier alpha value is -0.850. The molecule has 2 aromatic rings. The van der Waals surface area contributed by atoms with E-state index in [4.69, 9.17) is 27.9 Å². The number of aliphatic hydroxyl groups is 2. The van der Waals surface area contributed by atoms with Gasteiger partial charge in [0.1, 0.15) is 12.3 Å². The summed E-state index contributed by atoms with van der Waals surface area (Å²) in [6, 6.07) is 3.40. The zero-order chi connectivity index (χ0) is 13.6. The van der Waals surface area contributed by atoms with E-state index in [2.05, 4.69) is 4.98 Å². The van der Waals surface area contributed by atoms with E-state index >= 15 is 0 Å². The van der Waals surface area contributed by atoms with Crippen LogP contribution in [0.5, 0.6) is 0 Å². The molecule has 2 heterocycles. The second-order valence-electron chi connectivity index (χ2n) is 4.57. The predicted octanol–water partition coefficient (Wildman–Crippen LogP) is 1.98. The molecule has 0 aliphatic carbocycles. The van der Waals surface area contributed by atoms with Crippen molar-refractivity contribution in [2.75, 3.05) is 6.61 Å². The highest BCUT2D eigenvalue weighted by Gasteiger charge is 2.30. The first-order valence-corrected chi connectivity index (χ1v) is 6.61. The molecule has 0 amide bonds. The Morgan fingerprint density at radius 1 is 1.21 bits per heavy atom. The molecule has 0 saturated carbocycles. The first-order chi connectivity index (χ1) is 9.06. The summed E-state index contributed by atoms with van der Waals surface area (Å²) in [6.45, 7) is 0.0901. The third kappa shape index (κ3) is 2.32. The second-order valence-corrected chi connectivity index (χ2v) is 5.38. The Morgan fingerprint density at radius 3 is 2.68 bits per heavy atom. The van der Waals surface area contributed by atoms with Gasteiger partial charge in [-0.25, -0.2) is 4.98 Å². The molecule has 1 aromatic heterocycles. The van der Waals surface area contributed by atoms with Crippen LogP contribution in [0.2, 0.25) is 10.0 Å². The number of hydrogen-bond acceptors (Lipinski definition) is 4. The summed E-state index contributed by atoms with van der Waals surface area (Å²) in [5.74, 6) is 0. The van der Waals surface area contributed by atoms with Crippen molar-refractivity contribution < 1.29 is 14.9 Å². The summed E-state index contributed by atoms with van der Waals surface area (Å²) in [6.07, 6.45) is -0.108. The molecule has 7 heteroatoms. The minimum Gasteiger partial charge on any atom is -0.390 e. The van der Waals surface area contributed by atoms with Gasteiger partial charge in [-0.2, -0.15) is 0 Å². The maximum Gasteiger partial charge on any atom is 0.138 e. The molecule has 19 heavy (non-hydrogen) atoms. The van der Waals surface area contributed by atoms with Gasteiger partial charge < -0.3 is 19.5 Å². The van der Waals surface area contributed by atoms with Gasteiger partial charge >= 0.3 is 0 Å². The molecule has 1 fully saturated rings. The van der Waals surface area contributed by atoms with Crippen molar-refractivity contribution >= 4 is 34.2 Å². The van der Waals surface area contributed by atoms with Crippen molar-refractivity contribution in [2.24, 2.45) is 0 Å². The van der Waals surface area contributed by atoms with Crippen LogP contribution in [0.1, 0.15) is 12.6 Å². The third-order valence-electron chi connectivity index (χ3n) is 3.27. The summed E-state index contributed by atoms with van der Waals surface area (Å²) in [5.41, 5.74) is 1.49. The number of ether oxygens (including phenoxy) is 1. The topological polar surface area (TPSA) is 67.5 Å². The fourth-order valence-corrected chi connectivity index (χ4v) is 2.51. The normalized spacial score (nSPS) is 27.9. The summed E-state index contributed by atoms with van der Waals surface area (Å²) >= 11 is 11.9. The van der Waals surface area contributed by atoms with E-state index in [1.54, 1.807) is 23.0 Å². The maximum atomic E-state index is 9.71. The van der Waals surface area contributed by atoms with Crippen molar-refractivity contribution in [2.45, 2.75) is 24.9 Å². The quantitative estimate of drug-likeness (QED) is 0.845. The summed E-state index contributed by atoms with van der Waals surface area (Å²) in [4.78, 5) is 4.24. The molecule has 0 unspecified atom stereocenters. The number of fused-ring (bicyclic) bond motifs is 1. The lowest BCUT2D eigenvalue weighted by molar-refractivity contribution is -0.144. The maximum absolute atomic E-state index is 9.71. The largest absolute Gasteiger partial charge is 0.390 e. The average molecular weight is 303 g/mol. The van der Waals surface area contributed by atoms with Crippen molar-refractivity contribution in [1.82, 2.24) is 9.55 Å². The van der Waals surface area contributed by atoms with Gasteiger partial charge in [0.2, 0.25) is 0 Å². The second kappa shape index (κ2) is 4.92. The fourth-order valence-electron chi connectivity index (χ4n) is 2.20. The average Bonchev–Trinajstić information content (AvgIpc) is 2.76. The van der Waals surface area contributed by atoms with Gasteiger partial charge in [-0.3, -0.25) is 0 Å². The highest BCUT2D eigenvalue weighted by atomic mass is 35.5. The lowest BCUT2D eigenvalue weighted by Gasteiger charge is -2.31. The zero-order valence-electron chi connectivity index (χ0n) is 9.83. The Bertz CT molecular complexity index is 616. The predicted molar refractivity (Wildman–Crippen MR) is 71.4 cm³/mol.